The van der Waals surface area contributed by atoms with Gasteiger partial charge in [-0.25, -0.2) is 18.7 Å². The summed E-state index contributed by atoms with van der Waals surface area (Å²) in [5.74, 6) is 0.109. The zero-order chi connectivity index (χ0) is 19.0. The molecular formula is C17H22N5O4+. The van der Waals surface area contributed by atoms with Gasteiger partial charge in [-0.2, -0.15) is 0 Å². The zero-order valence-electron chi connectivity index (χ0n) is 15.3. The predicted molar refractivity (Wildman–Crippen MR) is 91.8 cm³/mol. The molecular weight excluding hydrogens is 338 g/mol. The number of aryl methyl sites for hydroxylation is 1. The van der Waals surface area contributed by atoms with Crippen LogP contribution in [0.15, 0.2) is 23.3 Å². The highest BCUT2D eigenvalue weighted by molar-refractivity contribution is 6.19. The van der Waals surface area contributed by atoms with Crippen LogP contribution in [0.4, 0.5) is 10.7 Å². The van der Waals surface area contributed by atoms with Gasteiger partial charge in [-0.15, -0.1) is 0 Å². The highest BCUT2D eigenvalue weighted by Gasteiger charge is 2.52. The van der Waals surface area contributed by atoms with Gasteiger partial charge in [0.25, 0.3) is 5.91 Å². The fourth-order valence-corrected chi connectivity index (χ4v) is 3.14. The monoisotopic (exact) mass is 360 g/mol. The third-order valence-corrected chi connectivity index (χ3v) is 4.44. The van der Waals surface area contributed by atoms with Crippen LogP contribution in [-0.4, -0.2) is 58.3 Å². The summed E-state index contributed by atoms with van der Waals surface area (Å²) in [7, 11) is 1.60. The van der Waals surface area contributed by atoms with Gasteiger partial charge in [-0.05, 0) is 20.8 Å². The first kappa shape index (κ1) is 17.8. The number of fused-ring (bicyclic) bond motifs is 3. The third kappa shape index (κ3) is 2.69. The quantitative estimate of drug-likeness (QED) is 0.439. The maximum absolute atomic E-state index is 12.9. The second-order valence-corrected chi connectivity index (χ2v) is 6.10. The number of carbonyl (C=O) groups excluding carboxylic acids is 3. The van der Waals surface area contributed by atoms with E-state index in [2.05, 4.69) is 4.99 Å². The second kappa shape index (κ2) is 6.74. The Morgan fingerprint density at radius 3 is 2.81 bits per heavy atom. The molecule has 2 aliphatic heterocycles. The number of urea groups is 1. The van der Waals surface area contributed by atoms with Gasteiger partial charge in [0.15, 0.2) is 6.54 Å². The summed E-state index contributed by atoms with van der Waals surface area (Å²) in [4.78, 5) is 44.4. The average Bonchev–Trinajstić information content (AvgIpc) is 3.10. The molecule has 0 aromatic carbocycles. The van der Waals surface area contributed by atoms with E-state index in [0.29, 0.717) is 18.4 Å². The van der Waals surface area contributed by atoms with E-state index in [-0.39, 0.29) is 25.0 Å². The van der Waals surface area contributed by atoms with Crippen molar-refractivity contribution in [2.24, 2.45) is 4.99 Å². The summed E-state index contributed by atoms with van der Waals surface area (Å²) in [5.41, 5.74) is 0.781. The summed E-state index contributed by atoms with van der Waals surface area (Å²) >= 11 is 0. The first-order valence-corrected chi connectivity index (χ1v) is 8.46. The van der Waals surface area contributed by atoms with Crippen molar-refractivity contribution in [3.63, 3.8) is 0 Å². The lowest BCUT2D eigenvalue weighted by atomic mass is 10.1. The molecule has 26 heavy (non-hydrogen) atoms. The second-order valence-electron chi connectivity index (χ2n) is 6.10. The Kier molecular flexibility index (Phi) is 4.62. The van der Waals surface area contributed by atoms with E-state index in [9.17, 15) is 14.4 Å². The van der Waals surface area contributed by atoms with Crippen molar-refractivity contribution in [1.29, 1.82) is 0 Å². The molecule has 0 radical (unpaired) electrons. The smallest absolute Gasteiger partial charge is 0.402 e. The Labute approximate surface area is 151 Å². The van der Waals surface area contributed by atoms with E-state index in [1.54, 1.807) is 41.5 Å². The molecule has 138 valence electrons. The molecule has 3 rings (SSSR count). The lowest BCUT2D eigenvalue weighted by molar-refractivity contribution is -0.677. The topological polar surface area (TPSA) is 88.1 Å². The third-order valence-electron chi connectivity index (χ3n) is 4.44. The fraction of sp³-hybridized carbons (Fsp3) is 0.471. The fourth-order valence-electron chi connectivity index (χ4n) is 3.14. The number of amides is 3. The zero-order valence-corrected chi connectivity index (χ0v) is 15.3. The number of aliphatic imine (C=N–C) groups is 1. The van der Waals surface area contributed by atoms with Crippen molar-refractivity contribution in [3.05, 3.63) is 24.0 Å². The van der Waals surface area contributed by atoms with Crippen LogP contribution in [0, 0.1) is 6.92 Å². The predicted octanol–water partition coefficient (Wildman–Crippen LogP) is 0.702. The minimum absolute atomic E-state index is 0.000353. The van der Waals surface area contributed by atoms with Crippen LogP contribution in [-0.2, 0) is 20.9 Å². The number of rotatable bonds is 5. The van der Waals surface area contributed by atoms with E-state index in [1.165, 1.54) is 9.80 Å². The molecule has 9 nitrogen and oxygen atoms in total. The molecule has 1 saturated heterocycles. The van der Waals surface area contributed by atoms with Crippen LogP contribution in [0.1, 0.15) is 25.6 Å². The van der Waals surface area contributed by atoms with Crippen LogP contribution in [0.3, 0.4) is 0 Å². The highest BCUT2D eigenvalue weighted by Crippen LogP contribution is 2.29. The number of hydrogen-bond acceptors (Lipinski definition) is 5. The van der Waals surface area contributed by atoms with Gasteiger partial charge in [0.1, 0.15) is 11.9 Å². The minimum Gasteiger partial charge on any atom is -0.464 e. The SMILES string of the molecule is C/C=C/CN1C(=O)C2C(=Nc3n(CC(=O)OCC)c(C)c[n+]32)N(C)C1=O. The number of allylic oxidation sites excluding steroid dienone is 1. The number of amidine groups is 1. The summed E-state index contributed by atoms with van der Waals surface area (Å²) in [6, 6.07) is -1.12. The van der Waals surface area contributed by atoms with Gasteiger partial charge in [0.05, 0.1) is 6.61 Å². The first-order chi connectivity index (χ1) is 12.4. The number of nitrogens with zero attached hydrogens (tertiary/aromatic N) is 5. The number of ether oxygens (including phenoxy) is 1. The van der Waals surface area contributed by atoms with Crippen LogP contribution in [0.25, 0.3) is 0 Å². The van der Waals surface area contributed by atoms with Gasteiger partial charge in [0, 0.05) is 13.6 Å². The Bertz CT molecular complexity index is 838. The van der Waals surface area contributed by atoms with Crippen molar-refractivity contribution >= 4 is 29.7 Å². The molecule has 1 atom stereocenters. The maximum atomic E-state index is 12.9. The standard InChI is InChI=1S/C17H22N5O4/c1-5-7-8-20-15(24)13-14(19(4)17(20)25)18-16-21(10-12(23)26-6-2)11(3)9-22(13)16/h5,7,9,13H,6,8,10H2,1-4H3/q+1/b7-5+. The number of aromatic nitrogens is 2. The molecule has 1 aromatic heterocycles. The van der Waals surface area contributed by atoms with E-state index in [0.717, 1.165) is 5.69 Å². The number of esters is 1. The van der Waals surface area contributed by atoms with E-state index in [1.807, 2.05) is 13.8 Å². The van der Waals surface area contributed by atoms with Crippen molar-refractivity contribution in [3.8, 4) is 0 Å². The van der Waals surface area contributed by atoms with Crippen LogP contribution < -0.4 is 4.57 Å². The number of carbonyl (C=O) groups is 3. The minimum atomic E-state index is -0.708. The van der Waals surface area contributed by atoms with Crippen molar-refractivity contribution < 1.29 is 23.7 Å². The summed E-state index contributed by atoms with van der Waals surface area (Å²) < 4.78 is 8.40. The lowest BCUT2D eigenvalue weighted by Gasteiger charge is -2.32. The van der Waals surface area contributed by atoms with Gasteiger partial charge >= 0.3 is 17.9 Å². The van der Waals surface area contributed by atoms with Gasteiger partial charge in [0.2, 0.25) is 11.9 Å². The van der Waals surface area contributed by atoms with E-state index < -0.39 is 12.1 Å². The Morgan fingerprint density at radius 1 is 1.42 bits per heavy atom. The largest absolute Gasteiger partial charge is 0.464 e. The molecule has 1 unspecified atom stereocenters. The molecule has 3 amide bonds. The van der Waals surface area contributed by atoms with Crippen molar-refractivity contribution in [2.45, 2.75) is 33.4 Å². The molecule has 1 fully saturated rings. The van der Waals surface area contributed by atoms with Gasteiger partial charge < -0.3 is 4.74 Å². The molecule has 1 aromatic rings. The van der Waals surface area contributed by atoms with Crippen molar-refractivity contribution in [2.75, 3.05) is 20.2 Å². The molecule has 2 aliphatic rings. The number of imidazole rings is 1. The molecule has 0 N–H and O–H groups in total. The van der Waals surface area contributed by atoms with Crippen LogP contribution in [0.2, 0.25) is 0 Å². The van der Waals surface area contributed by atoms with Gasteiger partial charge in [-0.3, -0.25) is 14.6 Å². The average molecular weight is 360 g/mol. The molecule has 9 heteroatoms. The van der Waals surface area contributed by atoms with Crippen LogP contribution >= 0.6 is 0 Å². The lowest BCUT2D eigenvalue weighted by Crippen LogP contribution is -2.62. The summed E-state index contributed by atoms with van der Waals surface area (Å²) in [6.45, 7) is 5.91. The Hall–Kier alpha value is -2.97. The van der Waals surface area contributed by atoms with Crippen LogP contribution in [0.5, 0.6) is 0 Å². The first-order valence-electron chi connectivity index (χ1n) is 8.46. The summed E-state index contributed by atoms with van der Waals surface area (Å²) in [6.07, 6.45) is 5.31. The van der Waals surface area contributed by atoms with Gasteiger partial charge in [-0.1, -0.05) is 17.1 Å². The highest BCUT2D eigenvalue weighted by atomic mass is 16.5. The van der Waals surface area contributed by atoms with E-state index in [4.69, 9.17) is 4.74 Å². The Balaban J connectivity index is 2.00. The summed E-state index contributed by atoms with van der Waals surface area (Å²) in [5, 5.41) is 0. The number of hydrogen-bond donors (Lipinski definition) is 0. The Morgan fingerprint density at radius 2 is 2.15 bits per heavy atom. The molecule has 0 aliphatic carbocycles. The number of imide groups is 1. The van der Waals surface area contributed by atoms with E-state index >= 15 is 0 Å². The molecule has 0 saturated carbocycles. The maximum Gasteiger partial charge on any atom is 0.402 e. The van der Waals surface area contributed by atoms with Crippen molar-refractivity contribution in [1.82, 2.24) is 14.4 Å². The molecule has 0 spiro atoms. The number of likely N-dealkylation sites (N-methyl/N-ethyl adjacent to an activating group) is 1. The normalized spacial score (nSPS) is 19.1. The molecule has 3 heterocycles. The molecule has 0 bridgehead atoms.